The van der Waals surface area contributed by atoms with Crippen molar-refractivity contribution < 1.29 is 14.0 Å². The Kier molecular flexibility index (Phi) is 4.15. The Balaban J connectivity index is 1.46. The maximum absolute atomic E-state index is 13.4. The molecule has 5 rings (SSSR count). The molecule has 0 N–H and O–H groups in total. The van der Waals surface area contributed by atoms with E-state index in [1.54, 1.807) is 11.8 Å². The van der Waals surface area contributed by atoms with Crippen molar-refractivity contribution in [3.05, 3.63) is 47.2 Å². The Morgan fingerprint density at radius 3 is 2.76 bits per heavy atom. The number of amides is 2. The van der Waals surface area contributed by atoms with Crippen LogP contribution in [0, 0.1) is 6.92 Å². The molecule has 29 heavy (non-hydrogen) atoms. The molecular formula is C21H23N5O3. The minimum absolute atomic E-state index is 0.0406. The monoisotopic (exact) mass is 393 g/mol. The number of carbonyl (C=O) groups excluding carboxylic acids is 2. The fraction of sp³-hybridized carbons (Fsp3) is 0.429. The molecule has 0 saturated carbocycles. The molecule has 2 aromatic heterocycles. The number of fused-ring (bicyclic) bond motifs is 2. The normalized spacial score (nSPS) is 19.0. The summed E-state index contributed by atoms with van der Waals surface area (Å²) in [5, 5.41) is 9.69. The van der Waals surface area contributed by atoms with Crippen molar-refractivity contribution in [2.24, 2.45) is 0 Å². The molecule has 1 saturated heterocycles. The van der Waals surface area contributed by atoms with Crippen LogP contribution in [0.2, 0.25) is 0 Å². The van der Waals surface area contributed by atoms with E-state index in [0.29, 0.717) is 31.9 Å². The number of hydrogen-bond donors (Lipinski definition) is 0. The topological polar surface area (TPSA) is 84.5 Å². The van der Waals surface area contributed by atoms with Crippen LogP contribution < -0.4 is 0 Å². The average Bonchev–Trinajstić information content (AvgIpc) is 3.44. The largest absolute Gasteiger partial charge is 0.451 e. The lowest BCUT2D eigenvalue weighted by molar-refractivity contribution is -0.130. The molecular weight excluding hydrogens is 370 g/mol. The van der Waals surface area contributed by atoms with Gasteiger partial charge in [0.15, 0.2) is 17.4 Å². The number of hydrogen-bond acceptors (Lipinski definition) is 5. The van der Waals surface area contributed by atoms with Crippen LogP contribution >= 0.6 is 0 Å². The summed E-state index contributed by atoms with van der Waals surface area (Å²) in [6.07, 6.45) is 1.76. The fourth-order valence-electron chi connectivity index (χ4n) is 4.48. The number of aromatic nitrogens is 3. The Labute approximate surface area is 168 Å². The number of benzene rings is 1. The lowest BCUT2D eigenvalue weighted by Gasteiger charge is -2.29. The highest BCUT2D eigenvalue weighted by atomic mass is 16.3. The van der Waals surface area contributed by atoms with E-state index in [1.165, 1.54) is 0 Å². The molecule has 8 heteroatoms. The van der Waals surface area contributed by atoms with Gasteiger partial charge in [-0.05, 0) is 25.8 Å². The second kappa shape index (κ2) is 6.72. The molecule has 2 aliphatic heterocycles. The number of para-hydroxylation sites is 1. The first-order valence-electron chi connectivity index (χ1n) is 10.0. The van der Waals surface area contributed by atoms with Crippen molar-refractivity contribution >= 4 is 22.8 Å². The van der Waals surface area contributed by atoms with Crippen molar-refractivity contribution in [1.29, 1.82) is 0 Å². The van der Waals surface area contributed by atoms with Crippen LogP contribution in [-0.4, -0.2) is 49.5 Å². The van der Waals surface area contributed by atoms with Gasteiger partial charge in [-0.15, -0.1) is 10.2 Å². The molecule has 8 nitrogen and oxygen atoms in total. The molecule has 0 aliphatic carbocycles. The minimum atomic E-state index is -0.125. The molecule has 0 bridgehead atoms. The standard InChI is InChI=1S/C21H23N5O3/c1-13-15-6-3-4-8-17(15)29-19(13)21(28)25-9-5-7-16(25)20-23-22-18-12-24(14(2)27)10-11-26(18)20/h3-4,6,8,16H,5,7,9-12H2,1-2H3. The zero-order valence-corrected chi connectivity index (χ0v) is 16.6. The van der Waals surface area contributed by atoms with E-state index in [9.17, 15) is 9.59 Å². The maximum Gasteiger partial charge on any atom is 0.290 e. The number of furan rings is 1. The average molecular weight is 393 g/mol. The lowest BCUT2D eigenvalue weighted by atomic mass is 10.1. The third-order valence-corrected chi connectivity index (χ3v) is 6.08. The Morgan fingerprint density at radius 1 is 1.14 bits per heavy atom. The van der Waals surface area contributed by atoms with Gasteiger partial charge >= 0.3 is 0 Å². The van der Waals surface area contributed by atoms with Crippen LogP contribution in [-0.2, 0) is 17.9 Å². The summed E-state index contributed by atoms with van der Waals surface area (Å²) in [5.74, 6) is 1.93. The quantitative estimate of drug-likeness (QED) is 0.668. The molecule has 150 valence electrons. The van der Waals surface area contributed by atoms with Crippen molar-refractivity contribution in [3.8, 4) is 0 Å². The van der Waals surface area contributed by atoms with Gasteiger partial charge in [-0.25, -0.2) is 0 Å². The van der Waals surface area contributed by atoms with Gasteiger partial charge in [-0.1, -0.05) is 18.2 Å². The Morgan fingerprint density at radius 2 is 1.97 bits per heavy atom. The third kappa shape index (κ3) is 2.82. The van der Waals surface area contributed by atoms with Crippen LogP contribution in [0.4, 0.5) is 0 Å². The van der Waals surface area contributed by atoms with Crippen LogP contribution in [0.15, 0.2) is 28.7 Å². The molecule has 2 amide bonds. The fourth-order valence-corrected chi connectivity index (χ4v) is 4.48. The molecule has 0 spiro atoms. The summed E-state index contributed by atoms with van der Waals surface area (Å²) < 4.78 is 7.98. The second-order valence-corrected chi connectivity index (χ2v) is 7.78. The summed E-state index contributed by atoms with van der Waals surface area (Å²) in [7, 11) is 0. The molecule has 2 aliphatic rings. The zero-order valence-electron chi connectivity index (χ0n) is 16.6. The molecule has 1 unspecified atom stereocenters. The molecule has 3 aromatic rings. The zero-order chi connectivity index (χ0) is 20.1. The van der Waals surface area contributed by atoms with Gasteiger partial charge in [0, 0.05) is 37.5 Å². The molecule has 1 atom stereocenters. The van der Waals surface area contributed by atoms with E-state index in [-0.39, 0.29) is 17.9 Å². The highest BCUT2D eigenvalue weighted by Crippen LogP contribution is 2.35. The van der Waals surface area contributed by atoms with E-state index in [1.807, 2.05) is 36.1 Å². The molecule has 1 fully saturated rings. The SMILES string of the molecule is CC(=O)N1CCn2c(nnc2C2CCCN2C(=O)c2oc3ccccc3c2C)C1. The number of nitrogens with zero attached hydrogens (tertiary/aromatic N) is 5. The Hall–Kier alpha value is -3.16. The van der Waals surface area contributed by atoms with Crippen LogP contribution in [0.1, 0.15) is 53.6 Å². The molecule has 0 radical (unpaired) electrons. The van der Waals surface area contributed by atoms with Crippen LogP contribution in [0.25, 0.3) is 11.0 Å². The minimum Gasteiger partial charge on any atom is -0.451 e. The van der Waals surface area contributed by atoms with Gasteiger partial charge in [0.1, 0.15) is 5.58 Å². The summed E-state index contributed by atoms with van der Waals surface area (Å²) >= 11 is 0. The highest BCUT2D eigenvalue weighted by Gasteiger charge is 2.37. The van der Waals surface area contributed by atoms with Crippen molar-refractivity contribution in [2.75, 3.05) is 13.1 Å². The number of aryl methyl sites for hydroxylation is 1. The van der Waals surface area contributed by atoms with E-state index in [4.69, 9.17) is 4.42 Å². The van der Waals surface area contributed by atoms with E-state index in [0.717, 1.165) is 41.0 Å². The van der Waals surface area contributed by atoms with E-state index >= 15 is 0 Å². The maximum atomic E-state index is 13.4. The molecule has 4 heterocycles. The van der Waals surface area contributed by atoms with Gasteiger partial charge in [0.05, 0.1) is 12.6 Å². The summed E-state index contributed by atoms with van der Waals surface area (Å²) in [6.45, 7) is 5.92. The van der Waals surface area contributed by atoms with Crippen molar-refractivity contribution in [2.45, 2.75) is 45.8 Å². The smallest absolute Gasteiger partial charge is 0.290 e. The summed E-state index contributed by atoms with van der Waals surface area (Å²) in [5.41, 5.74) is 1.60. The summed E-state index contributed by atoms with van der Waals surface area (Å²) in [6, 6.07) is 7.59. The van der Waals surface area contributed by atoms with Gasteiger partial charge < -0.3 is 18.8 Å². The first-order chi connectivity index (χ1) is 14.0. The number of likely N-dealkylation sites (tertiary alicyclic amines) is 1. The summed E-state index contributed by atoms with van der Waals surface area (Å²) in [4.78, 5) is 28.7. The van der Waals surface area contributed by atoms with Crippen LogP contribution in [0.3, 0.4) is 0 Å². The Bertz CT molecular complexity index is 1110. The van der Waals surface area contributed by atoms with E-state index in [2.05, 4.69) is 14.8 Å². The van der Waals surface area contributed by atoms with Gasteiger partial charge in [0.25, 0.3) is 5.91 Å². The van der Waals surface area contributed by atoms with Gasteiger partial charge in [-0.3, -0.25) is 9.59 Å². The lowest BCUT2D eigenvalue weighted by Crippen LogP contribution is -2.38. The van der Waals surface area contributed by atoms with Gasteiger partial charge in [0.2, 0.25) is 5.91 Å². The second-order valence-electron chi connectivity index (χ2n) is 7.78. The van der Waals surface area contributed by atoms with Crippen molar-refractivity contribution in [3.63, 3.8) is 0 Å². The number of rotatable bonds is 2. The third-order valence-electron chi connectivity index (χ3n) is 6.08. The van der Waals surface area contributed by atoms with Gasteiger partial charge in [-0.2, -0.15) is 0 Å². The molecule has 1 aromatic carbocycles. The first kappa shape index (κ1) is 17.9. The predicted molar refractivity (Wildman–Crippen MR) is 105 cm³/mol. The van der Waals surface area contributed by atoms with Crippen molar-refractivity contribution in [1.82, 2.24) is 24.6 Å². The van der Waals surface area contributed by atoms with Crippen LogP contribution in [0.5, 0.6) is 0 Å². The van der Waals surface area contributed by atoms with E-state index < -0.39 is 0 Å². The number of carbonyl (C=O) groups is 2. The predicted octanol–water partition coefficient (Wildman–Crippen LogP) is 2.67. The first-order valence-corrected chi connectivity index (χ1v) is 10.0. The highest BCUT2D eigenvalue weighted by molar-refractivity contribution is 5.99.